The van der Waals surface area contributed by atoms with Gasteiger partial charge < -0.3 is 10.1 Å². The second kappa shape index (κ2) is 6.80. The lowest BCUT2D eigenvalue weighted by atomic mass is 10.1. The van der Waals surface area contributed by atoms with Gasteiger partial charge in [0, 0.05) is 6.04 Å². The van der Waals surface area contributed by atoms with Crippen LogP contribution in [0.4, 0.5) is 0 Å². The number of esters is 1. The molecule has 1 aromatic carbocycles. The average molecular weight is 219 g/mol. The summed E-state index contributed by atoms with van der Waals surface area (Å²) >= 11 is 0. The van der Waals surface area contributed by atoms with Crippen molar-refractivity contribution >= 4 is 5.97 Å². The number of carbonyl (C=O) groups excluding carboxylic acids is 1. The highest BCUT2D eigenvalue weighted by Gasteiger charge is 2.07. The van der Waals surface area contributed by atoms with Crippen LogP contribution in [0.25, 0.3) is 0 Å². The highest BCUT2D eigenvalue weighted by atomic mass is 16.5. The molecule has 0 saturated carbocycles. The molecule has 86 valence electrons. The fourth-order valence-corrected chi connectivity index (χ4v) is 1.30. The zero-order chi connectivity index (χ0) is 11.8. The van der Waals surface area contributed by atoms with Gasteiger partial charge in [-0.05, 0) is 12.5 Å². The molecule has 0 aliphatic rings. The summed E-state index contributed by atoms with van der Waals surface area (Å²) in [7, 11) is 0. The minimum absolute atomic E-state index is 0.137. The van der Waals surface area contributed by atoms with Crippen molar-refractivity contribution < 1.29 is 9.53 Å². The van der Waals surface area contributed by atoms with E-state index in [0.717, 1.165) is 5.56 Å². The van der Waals surface area contributed by atoms with Crippen molar-refractivity contribution in [1.82, 2.24) is 5.32 Å². The zero-order valence-electron chi connectivity index (χ0n) is 9.48. The summed E-state index contributed by atoms with van der Waals surface area (Å²) in [5.74, 6) is -0.261. The van der Waals surface area contributed by atoms with Crippen LogP contribution in [-0.2, 0) is 9.53 Å². The monoisotopic (exact) mass is 219 g/mol. The Morgan fingerprint density at radius 3 is 2.81 bits per heavy atom. The lowest BCUT2D eigenvalue weighted by molar-refractivity contribution is -0.141. The lowest BCUT2D eigenvalue weighted by Crippen LogP contribution is -2.27. The second-order valence-corrected chi connectivity index (χ2v) is 3.48. The predicted molar refractivity (Wildman–Crippen MR) is 64.0 cm³/mol. The third-order valence-electron chi connectivity index (χ3n) is 2.21. The molecule has 1 aromatic rings. The molecule has 3 heteroatoms. The smallest absolute Gasteiger partial charge is 0.320 e. The number of hydrogen-bond donors (Lipinski definition) is 1. The average Bonchev–Trinajstić information content (AvgIpc) is 2.34. The van der Waals surface area contributed by atoms with Crippen molar-refractivity contribution in [3.63, 3.8) is 0 Å². The van der Waals surface area contributed by atoms with Gasteiger partial charge in [-0.15, -0.1) is 0 Å². The maximum Gasteiger partial charge on any atom is 0.320 e. The normalized spacial score (nSPS) is 11.8. The highest BCUT2D eigenvalue weighted by molar-refractivity contribution is 5.71. The van der Waals surface area contributed by atoms with Gasteiger partial charge in [0.15, 0.2) is 0 Å². The van der Waals surface area contributed by atoms with Crippen LogP contribution in [0.15, 0.2) is 43.0 Å². The summed E-state index contributed by atoms with van der Waals surface area (Å²) in [6, 6.07) is 10.1. The van der Waals surface area contributed by atoms with Crippen LogP contribution in [0.5, 0.6) is 0 Å². The van der Waals surface area contributed by atoms with E-state index in [1.165, 1.54) is 0 Å². The molecule has 16 heavy (non-hydrogen) atoms. The SMILES string of the molecule is C=CCOC(=O)CNC(C)c1ccccc1. The van der Waals surface area contributed by atoms with E-state index in [9.17, 15) is 4.79 Å². The number of carbonyl (C=O) groups is 1. The Balaban J connectivity index is 2.33. The Labute approximate surface area is 96.1 Å². The van der Waals surface area contributed by atoms with Crippen LogP contribution in [0.2, 0.25) is 0 Å². The predicted octanol–water partition coefficient (Wildman–Crippen LogP) is 2.07. The number of benzene rings is 1. The fraction of sp³-hybridized carbons (Fsp3) is 0.308. The first-order chi connectivity index (χ1) is 7.74. The zero-order valence-corrected chi connectivity index (χ0v) is 9.48. The number of rotatable bonds is 6. The van der Waals surface area contributed by atoms with Gasteiger partial charge in [-0.1, -0.05) is 43.0 Å². The minimum Gasteiger partial charge on any atom is -0.461 e. The molecule has 0 aliphatic heterocycles. The largest absolute Gasteiger partial charge is 0.461 e. The van der Waals surface area contributed by atoms with E-state index in [4.69, 9.17) is 4.74 Å². The third kappa shape index (κ3) is 4.28. The molecule has 0 bridgehead atoms. The molecule has 0 aliphatic carbocycles. The molecule has 1 unspecified atom stereocenters. The topological polar surface area (TPSA) is 38.3 Å². The maximum atomic E-state index is 11.2. The highest BCUT2D eigenvalue weighted by Crippen LogP contribution is 2.10. The van der Waals surface area contributed by atoms with E-state index in [1.807, 2.05) is 37.3 Å². The number of hydrogen-bond acceptors (Lipinski definition) is 3. The minimum atomic E-state index is -0.261. The standard InChI is InChI=1S/C13H17NO2/c1-3-9-16-13(15)10-14-11(2)12-7-5-4-6-8-12/h3-8,11,14H,1,9-10H2,2H3. The maximum absolute atomic E-state index is 11.2. The second-order valence-electron chi connectivity index (χ2n) is 3.48. The van der Waals surface area contributed by atoms with Crippen molar-refractivity contribution in [1.29, 1.82) is 0 Å². The van der Waals surface area contributed by atoms with Crippen LogP contribution in [0.3, 0.4) is 0 Å². The summed E-state index contributed by atoms with van der Waals surface area (Å²) < 4.78 is 4.86. The van der Waals surface area contributed by atoms with Crippen molar-refractivity contribution in [2.24, 2.45) is 0 Å². The van der Waals surface area contributed by atoms with Crippen LogP contribution in [-0.4, -0.2) is 19.1 Å². The molecule has 0 heterocycles. The Kier molecular flexibility index (Phi) is 5.29. The van der Waals surface area contributed by atoms with E-state index in [2.05, 4.69) is 11.9 Å². The molecular weight excluding hydrogens is 202 g/mol. The molecule has 0 amide bonds. The van der Waals surface area contributed by atoms with Gasteiger partial charge in [-0.3, -0.25) is 4.79 Å². The summed E-state index contributed by atoms with van der Waals surface area (Å²) in [6.07, 6.45) is 1.55. The molecule has 1 N–H and O–H groups in total. The van der Waals surface area contributed by atoms with E-state index >= 15 is 0 Å². The van der Waals surface area contributed by atoms with Gasteiger partial charge >= 0.3 is 5.97 Å². The first-order valence-corrected chi connectivity index (χ1v) is 5.29. The van der Waals surface area contributed by atoms with Gasteiger partial charge in [0.05, 0.1) is 6.54 Å². The Hall–Kier alpha value is -1.61. The van der Waals surface area contributed by atoms with Crippen LogP contribution in [0, 0.1) is 0 Å². The van der Waals surface area contributed by atoms with E-state index in [1.54, 1.807) is 6.08 Å². The van der Waals surface area contributed by atoms with E-state index in [0.29, 0.717) is 0 Å². The molecule has 3 nitrogen and oxygen atoms in total. The molecule has 0 saturated heterocycles. The summed E-state index contributed by atoms with van der Waals surface area (Å²) in [4.78, 5) is 11.2. The molecule has 0 radical (unpaired) electrons. The summed E-state index contributed by atoms with van der Waals surface area (Å²) in [5, 5.41) is 3.10. The summed E-state index contributed by atoms with van der Waals surface area (Å²) in [6.45, 7) is 5.96. The molecule has 0 fully saturated rings. The van der Waals surface area contributed by atoms with Crippen molar-refractivity contribution in [2.75, 3.05) is 13.2 Å². The van der Waals surface area contributed by atoms with Crippen molar-refractivity contribution in [3.05, 3.63) is 48.6 Å². The van der Waals surface area contributed by atoms with Crippen LogP contribution >= 0.6 is 0 Å². The van der Waals surface area contributed by atoms with Gasteiger partial charge in [-0.2, -0.15) is 0 Å². The Morgan fingerprint density at radius 2 is 2.19 bits per heavy atom. The molecule has 0 aromatic heterocycles. The Morgan fingerprint density at radius 1 is 1.50 bits per heavy atom. The van der Waals surface area contributed by atoms with Crippen molar-refractivity contribution in [3.8, 4) is 0 Å². The molecule has 1 atom stereocenters. The quantitative estimate of drug-likeness (QED) is 0.588. The van der Waals surface area contributed by atoms with Gasteiger partial charge in [0.25, 0.3) is 0 Å². The Bertz CT molecular complexity index is 335. The summed E-state index contributed by atoms with van der Waals surface area (Å²) in [5.41, 5.74) is 1.15. The fourth-order valence-electron chi connectivity index (χ4n) is 1.30. The van der Waals surface area contributed by atoms with E-state index in [-0.39, 0.29) is 25.2 Å². The number of nitrogens with one attached hydrogen (secondary N) is 1. The van der Waals surface area contributed by atoms with Gasteiger partial charge in [-0.25, -0.2) is 0 Å². The number of ether oxygens (including phenoxy) is 1. The van der Waals surface area contributed by atoms with Crippen LogP contribution in [0.1, 0.15) is 18.5 Å². The molecule has 1 rings (SSSR count). The van der Waals surface area contributed by atoms with Crippen LogP contribution < -0.4 is 5.32 Å². The lowest BCUT2D eigenvalue weighted by Gasteiger charge is -2.13. The molecule has 0 spiro atoms. The first-order valence-electron chi connectivity index (χ1n) is 5.29. The van der Waals surface area contributed by atoms with Crippen molar-refractivity contribution in [2.45, 2.75) is 13.0 Å². The van der Waals surface area contributed by atoms with Gasteiger partial charge in [0.2, 0.25) is 0 Å². The molecular formula is C13H17NO2. The van der Waals surface area contributed by atoms with E-state index < -0.39 is 0 Å². The third-order valence-corrected chi connectivity index (χ3v) is 2.21. The van der Waals surface area contributed by atoms with Gasteiger partial charge in [0.1, 0.15) is 6.61 Å². The first kappa shape index (κ1) is 12.5.